The maximum Gasteiger partial charge on any atom is 0.342 e. The Kier molecular flexibility index (Phi) is 5.96. The summed E-state index contributed by atoms with van der Waals surface area (Å²) >= 11 is 1.25. The molecule has 2 bridgehead atoms. The molecule has 162 valence electrons. The molecule has 6 nitrogen and oxygen atoms in total. The van der Waals surface area contributed by atoms with Crippen LogP contribution in [0.2, 0.25) is 0 Å². The molecule has 31 heavy (non-hydrogen) atoms. The van der Waals surface area contributed by atoms with Crippen LogP contribution in [0.4, 0.5) is 5.00 Å². The Morgan fingerprint density at radius 2 is 1.71 bits per heavy atom. The highest BCUT2D eigenvalue weighted by Gasteiger charge is 2.48. The Balaban J connectivity index is 1.67. The number of aliphatic carboxylic acids is 1. The maximum absolute atomic E-state index is 13.3. The Bertz CT molecular complexity index is 1030. The van der Waals surface area contributed by atoms with Crippen molar-refractivity contribution in [3.63, 3.8) is 0 Å². The lowest BCUT2D eigenvalue weighted by molar-refractivity contribution is -0.151. The van der Waals surface area contributed by atoms with Gasteiger partial charge in [0.25, 0.3) is 0 Å². The van der Waals surface area contributed by atoms with Crippen molar-refractivity contribution in [2.45, 2.75) is 32.8 Å². The van der Waals surface area contributed by atoms with E-state index in [-0.39, 0.29) is 23.8 Å². The zero-order valence-corrected chi connectivity index (χ0v) is 18.2. The van der Waals surface area contributed by atoms with Crippen molar-refractivity contribution in [3.05, 3.63) is 53.4 Å². The first kappa shape index (κ1) is 21.3. The highest BCUT2D eigenvalue weighted by Crippen LogP contribution is 2.46. The molecular weight excluding hydrogens is 414 g/mol. The number of carbonyl (C=O) groups excluding carboxylic acids is 2. The number of thiophene rings is 1. The molecule has 0 unspecified atom stereocenters. The maximum atomic E-state index is 13.3. The van der Waals surface area contributed by atoms with E-state index in [1.54, 1.807) is 13.8 Å². The molecule has 5 rings (SSSR count). The summed E-state index contributed by atoms with van der Waals surface area (Å²) in [6, 6.07) is 9.44. The number of carboxylic acids is 1. The summed E-state index contributed by atoms with van der Waals surface area (Å²) in [6.45, 7) is 3.54. The third-order valence-electron chi connectivity index (χ3n) is 6.00. The zero-order chi connectivity index (χ0) is 22.1. The van der Waals surface area contributed by atoms with Crippen LogP contribution >= 0.6 is 11.3 Å². The number of ether oxygens (including phenoxy) is 1. The van der Waals surface area contributed by atoms with Crippen LogP contribution < -0.4 is 5.32 Å². The van der Waals surface area contributed by atoms with Gasteiger partial charge in [-0.1, -0.05) is 42.5 Å². The average molecular weight is 440 g/mol. The largest absolute Gasteiger partial charge is 0.481 e. The predicted octanol–water partition coefficient (Wildman–Crippen LogP) is 4.83. The molecule has 0 spiro atoms. The van der Waals surface area contributed by atoms with E-state index in [1.807, 2.05) is 47.9 Å². The molecule has 1 amide bonds. The standard InChI is InChI=1S/C24H25NO5S/c1-13(2)30-24(29)20-17(14-6-4-3-5-7-14)12-31-22(20)25-21(26)18-15-8-10-16(11-9-15)19(18)23(27)28/h3-8,10,12-13,15-16,18-19H,9,11H2,1-2H3,(H,25,26)(H,27,28)/t15-,16+,18-,19+/m1/s1. The van der Waals surface area contributed by atoms with E-state index < -0.39 is 23.8 Å². The van der Waals surface area contributed by atoms with Gasteiger partial charge in [0, 0.05) is 10.9 Å². The van der Waals surface area contributed by atoms with E-state index in [1.165, 1.54) is 11.3 Å². The van der Waals surface area contributed by atoms with Gasteiger partial charge in [0.15, 0.2) is 0 Å². The molecule has 1 heterocycles. The van der Waals surface area contributed by atoms with Gasteiger partial charge in [-0.25, -0.2) is 4.79 Å². The van der Waals surface area contributed by atoms with Gasteiger partial charge in [-0.3, -0.25) is 9.59 Å². The van der Waals surface area contributed by atoms with Gasteiger partial charge in [0.2, 0.25) is 5.91 Å². The van der Waals surface area contributed by atoms with Crippen molar-refractivity contribution in [2.75, 3.05) is 5.32 Å². The van der Waals surface area contributed by atoms with Crippen molar-refractivity contribution < 1.29 is 24.2 Å². The Labute approximate surface area is 184 Å². The summed E-state index contributed by atoms with van der Waals surface area (Å²) in [5, 5.41) is 14.8. The molecule has 2 aromatic rings. The number of anilines is 1. The second kappa shape index (κ2) is 8.67. The van der Waals surface area contributed by atoms with E-state index in [9.17, 15) is 19.5 Å². The van der Waals surface area contributed by atoms with Gasteiger partial charge < -0.3 is 15.2 Å². The second-order valence-electron chi connectivity index (χ2n) is 8.34. The summed E-state index contributed by atoms with van der Waals surface area (Å²) < 4.78 is 5.44. The Morgan fingerprint density at radius 3 is 2.29 bits per heavy atom. The highest BCUT2D eigenvalue weighted by molar-refractivity contribution is 7.15. The highest BCUT2D eigenvalue weighted by atomic mass is 32.1. The van der Waals surface area contributed by atoms with Crippen molar-refractivity contribution in [2.24, 2.45) is 23.7 Å². The topological polar surface area (TPSA) is 92.7 Å². The Hall–Kier alpha value is -2.93. The van der Waals surface area contributed by atoms with E-state index in [0.29, 0.717) is 16.1 Å². The summed E-state index contributed by atoms with van der Waals surface area (Å²) in [5.74, 6) is -3.45. The third-order valence-corrected chi connectivity index (χ3v) is 6.89. The number of carboxylic acid groups (broad SMARTS) is 1. The van der Waals surface area contributed by atoms with Crippen LogP contribution in [-0.4, -0.2) is 29.1 Å². The van der Waals surface area contributed by atoms with Crippen LogP contribution in [-0.2, 0) is 14.3 Å². The number of amides is 1. The van der Waals surface area contributed by atoms with Crippen LogP contribution in [0.5, 0.6) is 0 Å². The number of nitrogens with one attached hydrogen (secondary N) is 1. The molecule has 1 aromatic carbocycles. The first-order chi connectivity index (χ1) is 14.9. The van der Waals surface area contributed by atoms with Crippen LogP contribution in [0.3, 0.4) is 0 Å². The third kappa shape index (κ3) is 4.14. The molecule has 1 fully saturated rings. The summed E-state index contributed by atoms with van der Waals surface area (Å²) in [7, 11) is 0. The summed E-state index contributed by atoms with van der Waals surface area (Å²) in [4.78, 5) is 38.1. The fraction of sp³-hybridized carbons (Fsp3) is 0.375. The van der Waals surface area contributed by atoms with E-state index >= 15 is 0 Å². The van der Waals surface area contributed by atoms with E-state index in [2.05, 4.69) is 5.32 Å². The molecule has 0 radical (unpaired) electrons. The van der Waals surface area contributed by atoms with Crippen molar-refractivity contribution in [1.82, 2.24) is 0 Å². The Morgan fingerprint density at radius 1 is 1.06 bits per heavy atom. The molecule has 2 N–H and O–H groups in total. The molecule has 0 saturated heterocycles. The monoisotopic (exact) mass is 439 g/mol. The minimum Gasteiger partial charge on any atom is -0.481 e. The molecule has 4 atom stereocenters. The summed E-state index contributed by atoms with van der Waals surface area (Å²) in [5.41, 5.74) is 1.84. The number of hydrogen-bond donors (Lipinski definition) is 2. The van der Waals surface area contributed by atoms with Gasteiger partial charge >= 0.3 is 11.9 Å². The number of hydrogen-bond acceptors (Lipinski definition) is 5. The van der Waals surface area contributed by atoms with Crippen molar-refractivity contribution in [3.8, 4) is 11.1 Å². The second-order valence-corrected chi connectivity index (χ2v) is 9.22. The zero-order valence-electron chi connectivity index (χ0n) is 17.4. The van der Waals surface area contributed by atoms with Crippen LogP contribution in [0.1, 0.15) is 37.0 Å². The molecular formula is C24H25NO5S. The molecule has 3 aliphatic carbocycles. The lowest BCUT2D eigenvalue weighted by Crippen LogP contribution is -2.47. The van der Waals surface area contributed by atoms with Gasteiger partial charge in [0.1, 0.15) is 10.6 Å². The summed E-state index contributed by atoms with van der Waals surface area (Å²) in [6.07, 6.45) is 5.17. The predicted molar refractivity (Wildman–Crippen MR) is 119 cm³/mol. The smallest absolute Gasteiger partial charge is 0.342 e. The SMILES string of the molecule is CC(C)OC(=O)c1c(-c2ccccc2)csc1NC(=O)[C@H]1[C@@H](C(=O)O)[C@H]2C=C[C@@H]1CC2. The van der Waals surface area contributed by atoms with E-state index in [0.717, 1.165) is 18.4 Å². The van der Waals surface area contributed by atoms with Gasteiger partial charge in [-0.15, -0.1) is 11.3 Å². The molecule has 1 saturated carbocycles. The quantitative estimate of drug-likeness (QED) is 0.497. The molecule has 7 heteroatoms. The number of rotatable bonds is 6. The fourth-order valence-corrected chi connectivity index (χ4v) is 5.60. The van der Waals surface area contributed by atoms with Gasteiger partial charge in [-0.05, 0) is 44.1 Å². The normalized spacial score (nSPS) is 24.2. The van der Waals surface area contributed by atoms with Gasteiger partial charge in [-0.2, -0.15) is 0 Å². The van der Waals surface area contributed by atoms with Gasteiger partial charge in [0.05, 0.1) is 17.9 Å². The minimum absolute atomic E-state index is 0.106. The number of fused-ring (bicyclic) bond motifs is 2. The number of allylic oxidation sites excluding steroid dienone is 2. The lowest BCUT2D eigenvalue weighted by atomic mass is 9.62. The van der Waals surface area contributed by atoms with Crippen molar-refractivity contribution in [1.29, 1.82) is 0 Å². The minimum atomic E-state index is -0.949. The van der Waals surface area contributed by atoms with Crippen molar-refractivity contribution >= 4 is 34.2 Å². The number of carbonyl (C=O) groups is 3. The number of benzene rings is 1. The van der Waals surface area contributed by atoms with Crippen LogP contribution in [0.15, 0.2) is 47.9 Å². The first-order valence-electron chi connectivity index (χ1n) is 10.5. The molecule has 3 aliphatic rings. The van der Waals surface area contributed by atoms with Crippen LogP contribution in [0, 0.1) is 23.7 Å². The lowest BCUT2D eigenvalue weighted by Gasteiger charge is -2.41. The molecule has 0 aliphatic heterocycles. The first-order valence-corrected chi connectivity index (χ1v) is 11.3. The molecule has 1 aromatic heterocycles. The average Bonchev–Trinajstić information content (AvgIpc) is 3.17. The van der Waals surface area contributed by atoms with Crippen LogP contribution in [0.25, 0.3) is 11.1 Å². The fourth-order valence-electron chi connectivity index (χ4n) is 4.64. The van der Waals surface area contributed by atoms with E-state index in [4.69, 9.17) is 4.74 Å². The number of esters is 1.